The molecule has 2 aliphatic heterocycles. The zero-order valence-electron chi connectivity index (χ0n) is 16.5. The number of hydrogen-bond acceptors (Lipinski definition) is 7. The number of nitrogens with zero attached hydrogens (tertiary/aromatic N) is 2. The Kier molecular flexibility index (Phi) is 6.92. The van der Waals surface area contributed by atoms with Crippen LogP contribution in [0.3, 0.4) is 0 Å². The van der Waals surface area contributed by atoms with E-state index in [1.165, 1.54) is 23.9 Å². The van der Waals surface area contributed by atoms with Crippen LogP contribution >= 0.6 is 11.8 Å². The number of carbonyl (C=O) groups excluding carboxylic acids is 2. The number of hydrogen-bond donors (Lipinski definition) is 0. The van der Waals surface area contributed by atoms with Crippen molar-refractivity contribution in [3.8, 4) is 0 Å². The van der Waals surface area contributed by atoms with E-state index >= 15 is 0 Å². The van der Waals surface area contributed by atoms with Gasteiger partial charge in [-0.2, -0.15) is 0 Å². The predicted molar refractivity (Wildman–Crippen MR) is 108 cm³/mol. The van der Waals surface area contributed by atoms with Gasteiger partial charge in [-0.25, -0.2) is 4.79 Å². The Morgan fingerprint density at radius 2 is 2.03 bits per heavy atom. The molecule has 0 radical (unpaired) electrons. The number of esters is 1. The number of non-ortho nitro benzene ring substituents is 1. The molecule has 3 rings (SSSR count). The van der Waals surface area contributed by atoms with E-state index in [1.54, 1.807) is 17.0 Å². The molecule has 9 heteroatoms. The lowest BCUT2D eigenvalue weighted by atomic mass is 9.85. The minimum Gasteiger partial charge on any atom is -0.456 e. The largest absolute Gasteiger partial charge is 0.456 e. The number of β-lactam (4-membered cyclic amide) rings is 1. The van der Waals surface area contributed by atoms with Crippen LogP contribution in [-0.2, 0) is 25.7 Å². The molecule has 0 N–H and O–H groups in total. The molecule has 0 saturated carbocycles. The van der Waals surface area contributed by atoms with Crippen LogP contribution < -0.4 is 0 Å². The Morgan fingerprint density at radius 1 is 1.31 bits per heavy atom. The number of ether oxygens (including phenoxy) is 2. The monoisotopic (exact) mass is 420 g/mol. The summed E-state index contributed by atoms with van der Waals surface area (Å²) < 4.78 is 10.8. The number of nitro groups is 1. The highest BCUT2D eigenvalue weighted by Gasteiger charge is 2.54. The molecule has 0 spiro atoms. The summed E-state index contributed by atoms with van der Waals surface area (Å²) in [7, 11) is 0. The number of thioether (sulfide) groups is 1. The summed E-state index contributed by atoms with van der Waals surface area (Å²) in [6.07, 6.45) is 1.42. The first kappa shape index (κ1) is 21.3. The van der Waals surface area contributed by atoms with Gasteiger partial charge in [-0.3, -0.25) is 14.9 Å². The van der Waals surface area contributed by atoms with Crippen LogP contribution in [0.15, 0.2) is 34.9 Å². The standard InChI is InChI=1S/C20H24N2O6S/c1-3-15-16-11-17(29-10-9-27-4-2)18(21(16)19(15)23)20(24)28-12-13-5-7-14(8-6-13)22(25)26/h5-8,15-16H,3-4,9-12H2,1-2H3. The Bertz CT molecular complexity index is 823. The first-order chi connectivity index (χ1) is 14.0. The number of benzene rings is 1. The summed E-state index contributed by atoms with van der Waals surface area (Å²) in [5.41, 5.74) is 0.963. The van der Waals surface area contributed by atoms with Gasteiger partial charge >= 0.3 is 5.97 Å². The second-order valence-corrected chi connectivity index (χ2v) is 8.00. The molecule has 2 heterocycles. The SMILES string of the molecule is CCOCCSC1=C(C(=O)OCc2ccc([N+](=O)[O-])cc2)N2C(=O)C(CC)C2C1. The van der Waals surface area contributed by atoms with E-state index in [1.807, 2.05) is 13.8 Å². The van der Waals surface area contributed by atoms with Gasteiger partial charge in [0.15, 0.2) is 0 Å². The van der Waals surface area contributed by atoms with E-state index < -0.39 is 10.9 Å². The highest BCUT2D eigenvalue weighted by molar-refractivity contribution is 8.03. The highest BCUT2D eigenvalue weighted by atomic mass is 32.2. The lowest BCUT2D eigenvalue weighted by Gasteiger charge is -2.43. The van der Waals surface area contributed by atoms with Gasteiger partial charge in [0, 0.05) is 35.8 Å². The maximum Gasteiger partial charge on any atom is 0.356 e. The molecule has 0 aliphatic carbocycles. The number of carbonyl (C=O) groups is 2. The molecule has 29 heavy (non-hydrogen) atoms. The quantitative estimate of drug-likeness (QED) is 0.188. The van der Waals surface area contributed by atoms with Gasteiger partial charge in [0.1, 0.15) is 12.3 Å². The van der Waals surface area contributed by atoms with Crippen LogP contribution in [0.25, 0.3) is 0 Å². The number of rotatable bonds is 10. The fraction of sp³-hybridized carbons (Fsp3) is 0.500. The Balaban J connectivity index is 1.68. The second kappa shape index (κ2) is 9.41. The third-order valence-corrected chi connectivity index (χ3v) is 6.19. The number of nitro benzene ring substituents is 1. The molecule has 2 aliphatic rings. The number of fused-ring (bicyclic) bond motifs is 1. The van der Waals surface area contributed by atoms with Crippen molar-refractivity contribution in [2.45, 2.75) is 39.3 Å². The Morgan fingerprint density at radius 3 is 2.66 bits per heavy atom. The van der Waals surface area contributed by atoms with E-state index in [-0.39, 0.29) is 30.2 Å². The summed E-state index contributed by atoms with van der Waals surface area (Å²) in [4.78, 5) is 38.0. The van der Waals surface area contributed by atoms with Gasteiger partial charge in [0.2, 0.25) is 5.91 Å². The molecule has 1 aromatic carbocycles. The van der Waals surface area contributed by atoms with Gasteiger partial charge in [-0.05, 0) is 31.0 Å². The minimum absolute atomic E-state index is 0.0128. The normalized spacial score (nSPS) is 20.5. The van der Waals surface area contributed by atoms with Crippen molar-refractivity contribution < 1.29 is 24.0 Å². The lowest BCUT2D eigenvalue weighted by Crippen LogP contribution is -2.58. The summed E-state index contributed by atoms with van der Waals surface area (Å²) in [5, 5.41) is 10.7. The maximum absolute atomic E-state index is 12.8. The van der Waals surface area contributed by atoms with Crippen LogP contribution in [0.4, 0.5) is 5.69 Å². The van der Waals surface area contributed by atoms with Crippen molar-refractivity contribution in [3.05, 3.63) is 50.5 Å². The van der Waals surface area contributed by atoms with Crippen molar-refractivity contribution >= 4 is 29.3 Å². The molecule has 2 unspecified atom stereocenters. The van der Waals surface area contributed by atoms with Gasteiger partial charge < -0.3 is 14.4 Å². The van der Waals surface area contributed by atoms with Crippen molar-refractivity contribution in [3.63, 3.8) is 0 Å². The smallest absolute Gasteiger partial charge is 0.356 e. The van der Waals surface area contributed by atoms with Crippen LogP contribution in [0.1, 0.15) is 32.3 Å². The van der Waals surface area contributed by atoms with Crippen LogP contribution in [0.2, 0.25) is 0 Å². The molecule has 1 aromatic rings. The van der Waals surface area contributed by atoms with Gasteiger partial charge in [-0.1, -0.05) is 6.92 Å². The average Bonchev–Trinajstić information content (AvgIpc) is 3.05. The third kappa shape index (κ3) is 4.45. The van der Waals surface area contributed by atoms with Gasteiger partial charge in [-0.15, -0.1) is 11.8 Å². The molecule has 0 bridgehead atoms. The third-order valence-electron chi connectivity index (χ3n) is 5.11. The fourth-order valence-electron chi connectivity index (χ4n) is 3.62. The first-order valence-corrected chi connectivity index (χ1v) is 10.6. The molecule has 0 aromatic heterocycles. The van der Waals surface area contributed by atoms with Gasteiger partial charge in [0.05, 0.1) is 23.5 Å². The lowest BCUT2D eigenvalue weighted by molar-refractivity contribution is -0.384. The van der Waals surface area contributed by atoms with E-state index in [4.69, 9.17) is 9.47 Å². The summed E-state index contributed by atoms with van der Waals surface area (Å²) >= 11 is 1.53. The van der Waals surface area contributed by atoms with Crippen molar-refractivity contribution in [2.75, 3.05) is 19.0 Å². The minimum atomic E-state index is -0.535. The van der Waals surface area contributed by atoms with Crippen molar-refractivity contribution in [2.24, 2.45) is 5.92 Å². The van der Waals surface area contributed by atoms with Gasteiger partial charge in [0.25, 0.3) is 5.69 Å². The van der Waals surface area contributed by atoms with E-state index in [2.05, 4.69) is 0 Å². The van der Waals surface area contributed by atoms with E-state index in [0.29, 0.717) is 36.6 Å². The summed E-state index contributed by atoms with van der Waals surface area (Å²) in [6, 6.07) is 5.87. The van der Waals surface area contributed by atoms with E-state index in [9.17, 15) is 19.7 Å². The Labute approximate surface area is 173 Å². The van der Waals surface area contributed by atoms with E-state index in [0.717, 1.165) is 11.3 Å². The highest BCUT2D eigenvalue weighted by Crippen LogP contribution is 2.47. The van der Waals surface area contributed by atoms with Crippen molar-refractivity contribution in [1.82, 2.24) is 4.90 Å². The fourth-order valence-corrected chi connectivity index (χ4v) is 4.68. The second-order valence-electron chi connectivity index (χ2n) is 6.81. The maximum atomic E-state index is 12.8. The van der Waals surface area contributed by atoms with Crippen molar-refractivity contribution in [1.29, 1.82) is 0 Å². The molecule has 2 atom stereocenters. The zero-order valence-corrected chi connectivity index (χ0v) is 17.3. The molecule has 156 valence electrons. The van der Waals surface area contributed by atoms with Crippen LogP contribution in [-0.4, -0.2) is 46.7 Å². The molecule has 1 amide bonds. The molecule has 8 nitrogen and oxygen atoms in total. The van der Waals surface area contributed by atoms with Crippen LogP contribution in [0, 0.1) is 16.0 Å². The molecule has 1 fully saturated rings. The topological polar surface area (TPSA) is 99.0 Å². The molecular weight excluding hydrogens is 396 g/mol. The molecular formula is C20H24N2O6S. The Hall–Kier alpha value is -2.39. The summed E-state index contributed by atoms with van der Waals surface area (Å²) in [5.74, 6) is 0.0960. The van der Waals surface area contributed by atoms with Crippen LogP contribution in [0.5, 0.6) is 0 Å². The molecule has 1 saturated heterocycles. The predicted octanol–water partition coefficient (Wildman–Crippen LogP) is 3.26. The first-order valence-electron chi connectivity index (χ1n) is 9.65. The zero-order chi connectivity index (χ0) is 21.0. The summed E-state index contributed by atoms with van der Waals surface area (Å²) in [6.45, 7) is 5.10. The number of amides is 1. The average molecular weight is 420 g/mol.